The first kappa shape index (κ1) is 14.9. The van der Waals surface area contributed by atoms with E-state index in [1.807, 2.05) is 0 Å². The highest BCUT2D eigenvalue weighted by atomic mass is 16.6. The van der Waals surface area contributed by atoms with Crippen LogP contribution in [0.25, 0.3) is 0 Å². The Labute approximate surface area is 128 Å². The van der Waals surface area contributed by atoms with Gasteiger partial charge in [0.1, 0.15) is 17.6 Å². The minimum atomic E-state index is -0.434. The summed E-state index contributed by atoms with van der Waals surface area (Å²) in [5.74, 6) is 0.783. The van der Waals surface area contributed by atoms with Gasteiger partial charge in [-0.2, -0.15) is 0 Å². The van der Waals surface area contributed by atoms with Crippen molar-refractivity contribution in [1.29, 1.82) is 0 Å². The van der Waals surface area contributed by atoms with Gasteiger partial charge >= 0.3 is 6.09 Å². The smallest absolute Gasteiger partial charge is 0.410 e. The van der Waals surface area contributed by atoms with E-state index in [1.165, 1.54) is 19.4 Å². The van der Waals surface area contributed by atoms with Gasteiger partial charge in [-0.25, -0.2) is 4.79 Å². The Bertz CT molecular complexity index is 629. The lowest BCUT2D eigenvalue weighted by Crippen LogP contribution is -2.50. The average Bonchev–Trinajstić information content (AvgIpc) is 2.73. The van der Waals surface area contributed by atoms with Gasteiger partial charge < -0.3 is 18.8 Å². The molecule has 0 aromatic carbocycles. The van der Waals surface area contributed by atoms with Crippen molar-refractivity contribution in [2.75, 3.05) is 33.8 Å². The Balaban J connectivity index is 1.69. The van der Waals surface area contributed by atoms with Gasteiger partial charge in [0.25, 0.3) is 0 Å². The summed E-state index contributed by atoms with van der Waals surface area (Å²) in [6, 6.07) is 1.45. The summed E-state index contributed by atoms with van der Waals surface area (Å²) in [6.07, 6.45) is 2.88. The normalized spacial score (nSPS) is 25.5. The molecule has 0 bridgehead atoms. The molecule has 1 amide bonds. The van der Waals surface area contributed by atoms with Crippen LogP contribution in [-0.2, 0) is 11.3 Å². The van der Waals surface area contributed by atoms with E-state index in [4.69, 9.17) is 13.9 Å². The summed E-state index contributed by atoms with van der Waals surface area (Å²) < 4.78 is 15.9. The quantitative estimate of drug-likeness (QED) is 0.831. The van der Waals surface area contributed by atoms with Crippen LogP contribution in [0.1, 0.15) is 18.6 Å². The van der Waals surface area contributed by atoms with Crippen LogP contribution >= 0.6 is 0 Å². The number of nitrogens with zero attached hydrogens (tertiary/aromatic N) is 2. The predicted molar refractivity (Wildman–Crippen MR) is 77.9 cm³/mol. The second-order valence-electron chi connectivity index (χ2n) is 6.00. The van der Waals surface area contributed by atoms with Crippen molar-refractivity contribution >= 4 is 6.09 Å². The molecule has 2 aliphatic heterocycles. The molecule has 120 valence electrons. The first-order valence-corrected chi connectivity index (χ1v) is 7.33. The molecule has 0 saturated carbocycles. The van der Waals surface area contributed by atoms with E-state index >= 15 is 0 Å². The van der Waals surface area contributed by atoms with Crippen molar-refractivity contribution in [2.24, 2.45) is 0 Å². The van der Waals surface area contributed by atoms with Crippen LogP contribution in [-0.4, -0.2) is 55.3 Å². The molecule has 1 unspecified atom stereocenters. The Hall–Kier alpha value is -2.02. The summed E-state index contributed by atoms with van der Waals surface area (Å²) in [4.78, 5) is 27.2. The number of likely N-dealkylation sites (N-methyl/N-ethyl adjacent to an activating group) is 1. The molecular formula is C15H20N2O5. The molecule has 2 aliphatic rings. The SMILES string of the molecule is COc1coc(CN2CCCC3(C2)CN(C)C(=O)O3)cc1=O. The number of amides is 1. The lowest BCUT2D eigenvalue weighted by molar-refractivity contribution is -0.0131. The fraction of sp³-hybridized carbons (Fsp3) is 0.600. The summed E-state index contributed by atoms with van der Waals surface area (Å²) in [5.41, 5.74) is -0.626. The average molecular weight is 308 g/mol. The number of carbonyl (C=O) groups excluding carboxylic acids is 1. The van der Waals surface area contributed by atoms with Crippen LogP contribution in [0.5, 0.6) is 5.75 Å². The predicted octanol–water partition coefficient (Wildman–Crippen LogP) is 1.07. The molecule has 1 aromatic rings. The molecule has 1 atom stereocenters. The molecule has 2 saturated heterocycles. The third-order valence-corrected chi connectivity index (χ3v) is 4.21. The molecule has 7 nitrogen and oxygen atoms in total. The Morgan fingerprint density at radius 2 is 2.18 bits per heavy atom. The number of piperidine rings is 1. The molecule has 3 heterocycles. The van der Waals surface area contributed by atoms with E-state index in [0.717, 1.165) is 19.4 Å². The third kappa shape index (κ3) is 2.81. The lowest BCUT2D eigenvalue weighted by atomic mass is 9.93. The van der Waals surface area contributed by atoms with E-state index in [1.54, 1.807) is 11.9 Å². The van der Waals surface area contributed by atoms with Gasteiger partial charge in [-0.05, 0) is 19.4 Å². The lowest BCUT2D eigenvalue weighted by Gasteiger charge is -2.38. The van der Waals surface area contributed by atoms with E-state index < -0.39 is 5.60 Å². The number of methoxy groups -OCH3 is 1. The van der Waals surface area contributed by atoms with E-state index in [-0.39, 0.29) is 17.3 Å². The van der Waals surface area contributed by atoms with Crippen LogP contribution in [0.4, 0.5) is 4.79 Å². The van der Waals surface area contributed by atoms with Gasteiger partial charge in [-0.3, -0.25) is 9.69 Å². The molecule has 1 spiro atoms. The third-order valence-electron chi connectivity index (χ3n) is 4.21. The second kappa shape index (κ2) is 5.64. The van der Waals surface area contributed by atoms with Gasteiger partial charge in [-0.15, -0.1) is 0 Å². The minimum Gasteiger partial charge on any atom is -0.490 e. The van der Waals surface area contributed by atoms with Crippen molar-refractivity contribution in [1.82, 2.24) is 9.80 Å². The zero-order valence-corrected chi connectivity index (χ0v) is 12.8. The fourth-order valence-corrected chi connectivity index (χ4v) is 3.22. The van der Waals surface area contributed by atoms with E-state index in [2.05, 4.69) is 4.90 Å². The summed E-state index contributed by atoms with van der Waals surface area (Å²) in [7, 11) is 3.18. The van der Waals surface area contributed by atoms with Crippen molar-refractivity contribution in [2.45, 2.75) is 25.0 Å². The summed E-state index contributed by atoms with van der Waals surface area (Å²) in [5, 5.41) is 0. The maximum atomic E-state index is 11.8. The van der Waals surface area contributed by atoms with Gasteiger partial charge in [0.15, 0.2) is 0 Å². The number of carbonyl (C=O) groups is 1. The zero-order chi connectivity index (χ0) is 15.7. The van der Waals surface area contributed by atoms with Crippen LogP contribution in [0.2, 0.25) is 0 Å². The standard InChI is InChI=1S/C15H20N2O5/c1-16-9-15(22-14(16)19)4-3-5-17(10-15)7-11-6-12(18)13(20-2)8-21-11/h6,8H,3-5,7,9-10H2,1-2H3. The Morgan fingerprint density at radius 3 is 2.82 bits per heavy atom. The first-order chi connectivity index (χ1) is 10.5. The van der Waals surface area contributed by atoms with E-state index in [0.29, 0.717) is 25.4 Å². The number of likely N-dealkylation sites (tertiary alicyclic amines) is 1. The Morgan fingerprint density at radius 1 is 1.36 bits per heavy atom. The van der Waals surface area contributed by atoms with Crippen LogP contribution < -0.4 is 10.2 Å². The number of ether oxygens (including phenoxy) is 2. The maximum absolute atomic E-state index is 11.8. The van der Waals surface area contributed by atoms with Gasteiger partial charge in [-0.1, -0.05) is 0 Å². The highest BCUT2D eigenvalue weighted by molar-refractivity contribution is 5.70. The molecule has 0 N–H and O–H groups in total. The van der Waals surface area contributed by atoms with Crippen LogP contribution in [0.15, 0.2) is 21.5 Å². The van der Waals surface area contributed by atoms with Crippen molar-refractivity contribution in [3.63, 3.8) is 0 Å². The monoisotopic (exact) mass is 308 g/mol. The minimum absolute atomic E-state index is 0.192. The van der Waals surface area contributed by atoms with Crippen molar-refractivity contribution in [3.8, 4) is 5.75 Å². The fourth-order valence-electron chi connectivity index (χ4n) is 3.22. The van der Waals surface area contributed by atoms with E-state index in [9.17, 15) is 9.59 Å². The molecule has 22 heavy (non-hydrogen) atoms. The van der Waals surface area contributed by atoms with Gasteiger partial charge in [0.2, 0.25) is 11.2 Å². The van der Waals surface area contributed by atoms with Crippen LogP contribution in [0.3, 0.4) is 0 Å². The Kier molecular flexibility index (Phi) is 3.82. The molecule has 0 aliphatic carbocycles. The number of hydrogen-bond donors (Lipinski definition) is 0. The molecule has 1 aromatic heterocycles. The maximum Gasteiger partial charge on any atom is 0.410 e. The highest BCUT2D eigenvalue weighted by Crippen LogP contribution is 2.31. The summed E-state index contributed by atoms with van der Waals surface area (Å²) >= 11 is 0. The molecule has 7 heteroatoms. The number of rotatable bonds is 3. The largest absolute Gasteiger partial charge is 0.490 e. The molecule has 0 radical (unpaired) electrons. The topological polar surface area (TPSA) is 72.2 Å². The van der Waals surface area contributed by atoms with Crippen LogP contribution in [0, 0.1) is 0 Å². The van der Waals surface area contributed by atoms with Crippen molar-refractivity contribution < 1.29 is 18.7 Å². The number of hydrogen-bond acceptors (Lipinski definition) is 6. The van der Waals surface area contributed by atoms with Crippen molar-refractivity contribution in [3.05, 3.63) is 28.3 Å². The molecular weight excluding hydrogens is 288 g/mol. The van der Waals surface area contributed by atoms with Gasteiger partial charge in [0.05, 0.1) is 20.2 Å². The molecule has 2 fully saturated rings. The zero-order valence-electron chi connectivity index (χ0n) is 12.8. The second-order valence-corrected chi connectivity index (χ2v) is 6.00. The molecule has 3 rings (SSSR count). The first-order valence-electron chi connectivity index (χ1n) is 7.33. The highest BCUT2D eigenvalue weighted by Gasteiger charge is 2.46. The summed E-state index contributed by atoms with van der Waals surface area (Å²) in [6.45, 7) is 2.66. The van der Waals surface area contributed by atoms with Gasteiger partial charge in [0, 0.05) is 19.7 Å².